The van der Waals surface area contributed by atoms with Gasteiger partial charge in [-0.25, -0.2) is 9.59 Å². The molecule has 2 aromatic carbocycles. The number of esters is 1. The van der Waals surface area contributed by atoms with Gasteiger partial charge in [-0.2, -0.15) is 0 Å². The Bertz CT molecular complexity index is 1020. The van der Waals surface area contributed by atoms with Gasteiger partial charge in [0.2, 0.25) is 0 Å². The van der Waals surface area contributed by atoms with Crippen molar-refractivity contribution in [2.75, 3.05) is 49.9 Å². The Hall–Kier alpha value is -4.05. The van der Waals surface area contributed by atoms with E-state index in [1.807, 2.05) is 0 Å². The summed E-state index contributed by atoms with van der Waals surface area (Å²) < 4.78 is 9.84. The Morgan fingerprint density at radius 1 is 0.969 bits per heavy atom. The highest BCUT2D eigenvalue weighted by Crippen LogP contribution is 2.24. The number of nitrogens with zero attached hydrogens (tertiary/aromatic N) is 1. The van der Waals surface area contributed by atoms with Crippen molar-refractivity contribution in [1.29, 1.82) is 0 Å². The Kier molecular flexibility index (Phi) is 7.29. The third kappa shape index (κ3) is 5.35. The fourth-order valence-electron chi connectivity index (χ4n) is 3.10. The molecule has 0 aromatic heterocycles. The summed E-state index contributed by atoms with van der Waals surface area (Å²) in [5, 5.41) is 17.5. The summed E-state index contributed by atoms with van der Waals surface area (Å²) >= 11 is 0. The molecule has 0 aliphatic carbocycles. The van der Waals surface area contributed by atoms with Crippen LogP contribution in [0.25, 0.3) is 0 Å². The number of aliphatic hydroxyl groups is 1. The zero-order chi connectivity index (χ0) is 23.1. The van der Waals surface area contributed by atoms with E-state index in [0.717, 1.165) is 0 Å². The number of aliphatic hydroxyl groups excluding tert-OH is 1. The van der Waals surface area contributed by atoms with E-state index >= 15 is 0 Å². The van der Waals surface area contributed by atoms with Crippen LogP contribution < -0.4 is 20.7 Å². The average molecular weight is 440 g/mol. The first-order valence-corrected chi connectivity index (χ1v) is 9.76. The lowest BCUT2D eigenvalue weighted by molar-refractivity contribution is -0.136. The molecule has 3 amide bonds. The first kappa shape index (κ1) is 22.6. The number of rotatable bonds is 8. The summed E-state index contributed by atoms with van der Waals surface area (Å²) in [5.74, 6) is -0.333. The molecule has 3 rings (SSSR count). The quantitative estimate of drug-likeness (QED) is 0.462. The van der Waals surface area contributed by atoms with E-state index in [2.05, 4.69) is 16.0 Å². The topological polar surface area (TPSA) is 129 Å². The minimum atomic E-state index is -0.616. The van der Waals surface area contributed by atoms with Crippen LogP contribution in [-0.4, -0.2) is 61.8 Å². The average Bonchev–Trinajstić information content (AvgIpc) is 3.10. The highest BCUT2D eigenvalue weighted by molar-refractivity contribution is 6.08. The van der Waals surface area contributed by atoms with Gasteiger partial charge in [0.1, 0.15) is 11.4 Å². The molecular formula is C22H24N4O6. The molecule has 0 radical (unpaired) electrons. The Morgan fingerprint density at radius 2 is 1.53 bits per heavy atom. The maximum absolute atomic E-state index is 12.6. The number of anilines is 3. The van der Waals surface area contributed by atoms with Crippen LogP contribution in [-0.2, 0) is 14.3 Å². The van der Waals surface area contributed by atoms with Crippen molar-refractivity contribution in [3.05, 3.63) is 59.8 Å². The number of hydrogen-bond donors (Lipinski definition) is 4. The summed E-state index contributed by atoms with van der Waals surface area (Å²) in [5.41, 5.74) is 1.97. The zero-order valence-corrected chi connectivity index (χ0v) is 17.7. The van der Waals surface area contributed by atoms with Gasteiger partial charge >= 0.3 is 12.0 Å². The second kappa shape index (κ2) is 10.3. The number of carbonyl (C=O) groups is 3. The van der Waals surface area contributed by atoms with Gasteiger partial charge in [0, 0.05) is 23.6 Å². The van der Waals surface area contributed by atoms with E-state index in [-0.39, 0.29) is 31.0 Å². The molecule has 10 heteroatoms. The lowest BCUT2D eigenvalue weighted by Crippen LogP contribution is -2.31. The molecule has 0 saturated heterocycles. The molecule has 1 aliphatic heterocycles. The molecule has 0 atom stereocenters. The second-order valence-electron chi connectivity index (χ2n) is 6.81. The van der Waals surface area contributed by atoms with Crippen LogP contribution in [0.3, 0.4) is 0 Å². The number of methoxy groups -OCH3 is 2. The Balaban J connectivity index is 1.64. The van der Waals surface area contributed by atoms with Crippen molar-refractivity contribution in [2.24, 2.45) is 0 Å². The van der Waals surface area contributed by atoms with Crippen molar-refractivity contribution < 1.29 is 29.0 Å². The molecule has 2 aromatic rings. The van der Waals surface area contributed by atoms with Crippen LogP contribution in [0.1, 0.15) is 0 Å². The van der Waals surface area contributed by atoms with Gasteiger partial charge in [-0.3, -0.25) is 4.79 Å². The number of hydrogen-bond acceptors (Lipinski definition) is 7. The lowest BCUT2D eigenvalue weighted by Gasteiger charge is -2.15. The van der Waals surface area contributed by atoms with Crippen LogP contribution in [0, 0.1) is 0 Å². The maximum Gasteiger partial charge on any atom is 0.337 e. The van der Waals surface area contributed by atoms with Crippen molar-refractivity contribution in [1.82, 2.24) is 4.90 Å². The molecule has 4 N–H and O–H groups in total. The molecule has 0 unspecified atom stereocenters. The smallest absolute Gasteiger partial charge is 0.337 e. The Labute approximate surface area is 184 Å². The van der Waals surface area contributed by atoms with Gasteiger partial charge in [0.15, 0.2) is 0 Å². The fourth-order valence-corrected chi connectivity index (χ4v) is 3.10. The van der Waals surface area contributed by atoms with Crippen LogP contribution in [0.2, 0.25) is 0 Å². The molecule has 0 bridgehead atoms. The monoisotopic (exact) mass is 440 g/mol. The molecular weight excluding hydrogens is 416 g/mol. The van der Waals surface area contributed by atoms with E-state index in [0.29, 0.717) is 22.8 Å². The van der Waals surface area contributed by atoms with E-state index in [4.69, 9.17) is 14.6 Å². The zero-order valence-electron chi connectivity index (χ0n) is 17.7. The number of benzene rings is 2. The molecule has 1 aliphatic rings. The number of nitrogens with one attached hydrogen (secondary N) is 3. The number of urea groups is 1. The second-order valence-corrected chi connectivity index (χ2v) is 6.81. The predicted molar refractivity (Wildman–Crippen MR) is 118 cm³/mol. The first-order valence-electron chi connectivity index (χ1n) is 9.76. The van der Waals surface area contributed by atoms with E-state index in [1.165, 1.54) is 12.0 Å². The summed E-state index contributed by atoms with van der Waals surface area (Å²) in [6.07, 6.45) is 0. The molecule has 0 spiro atoms. The standard InChI is InChI=1S/C22H24N4O6/c1-31-17-9-7-16(8-10-17)25-22(30)24-15-5-3-14(4-6-15)23-19-18(21(29)32-2)13-26(11-12-27)20(19)28/h3-10,23,27H,11-13H2,1-2H3,(H2,24,25,30). The normalized spacial score (nSPS) is 13.1. The summed E-state index contributed by atoms with van der Waals surface area (Å²) in [7, 11) is 2.80. The fraction of sp³-hybridized carbons (Fsp3) is 0.227. The summed E-state index contributed by atoms with van der Waals surface area (Å²) in [6.45, 7) is -0.0529. The van der Waals surface area contributed by atoms with Crippen molar-refractivity contribution in [3.63, 3.8) is 0 Å². The lowest BCUT2D eigenvalue weighted by atomic mass is 10.2. The number of β-amino-alcohol motifs (C(OH)–C–C–N with tert-alkyl or cyclic N) is 1. The number of ether oxygens (including phenoxy) is 2. The summed E-state index contributed by atoms with van der Waals surface area (Å²) in [6, 6.07) is 13.1. The van der Waals surface area contributed by atoms with E-state index < -0.39 is 17.9 Å². The van der Waals surface area contributed by atoms with Gasteiger partial charge in [-0.05, 0) is 48.5 Å². The molecule has 10 nitrogen and oxygen atoms in total. The van der Waals surface area contributed by atoms with Gasteiger partial charge in [-0.15, -0.1) is 0 Å². The van der Waals surface area contributed by atoms with Crippen molar-refractivity contribution in [2.45, 2.75) is 0 Å². The highest BCUT2D eigenvalue weighted by Gasteiger charge is 2.34. The predicted octanol–water partition coefficient (Wildman–Crippen LogP) is 2.01. The van der Waals surface area contributed by atoms with Crippen LogP contribution in [0.15, 0.2) is 59.8 Å². The van der Waals surface area contributed by atoms with Gasteiger partial charge in [-0.1, -0.05) is 0 Å². The number of amides is 3. The molecule has 32 heavy (non-hydrogen) atoms. The minimum absolute atomic E-state index is 0.0551. The van der Waals surface area contributed by atoms with Crippen LogP contribution >= 0.6 is 0 Å². The number of carbonyl (C=O) groups excluding carboxylic acids is 3. The maximum atomic E-state index is 12.6. The Morgan fingerprint density at radius 3 is 2.06 bits per heavy atom. The SMILES string of the molecule is COC(=O)C1=C(Nc2ccc(NC(=O)Nc3ccc(OC)cc3)cc2)C(=O)N(CCO)C1. The molecule has 168 valence electrons. The molecule has 0 fully saturated rings. The van der Waals surface area contributed by atoms with Gasteiger partial charge in [0.25, 0.3) is 5.91 Å². The van der Waals surface area contributed by atoms with Gasteiger partial charge < -0.3 is 35.4 Å². The highest BCUT2D eigenvalue weighted by atomic mass is 16.5. The minimum Gasteiger partial charge on any atom is -0.497 e. The van der Waals surface area contributed by atoms with Crippen LogP contribution in [0.4, 0.5) is 21.9 Å². The summed E-state index contributed by atoms with van der Waals surface area (Å²) in [4.78, 5) is 38.2. The largest absolute Gasteiger partial charge is 0.497 e. The third-order valence-corrected chi connectivity index (χ3v) is 4.71. The van der Waals surface area contributed by atoms with Crippen molar-refractivity contribution >= 4 is 35.0 Å². The van der Waals surface area contributed by atoms with E-state index in [9.17, 15) is 14.4 Å². The van der Waals surface area contributed by atoms with Crippen LogP contribution in [0.5, 0.6) is 5.75 Å². The molecule has 1 heterocycles. The molecule has 0 saturated carbocycles. The first-order chi connectivity index (χ1) is 15.4. The van der Waals surface area contributed by atoms with Gasteiger partial charge in [0.05, 0.1) is 32.9 Å². The van der Waals surface area contributed by atoms with E-state index in [1.54, 1.807) is 55.6 Å². The third-order valence-electron chi connectivity index (χ3n) is 4.71. The van der Waals surface area contributed by atoms with Crippen molar-refractivity contribution in [3.8, 4) is 5.75 Å².